The largest absolute Gasteiger partial charge is 0.368 e. The van der Waals surface area contributed by atoms with Gasteiger partial charge in [-0.2, -0.15) is 0 Å². The molecule has 4 rings (SSSR count). The lowest BCUT2D eigenvalue weighted by molar-refractivity contribution is -0.144. The Hall–Kier alpha value is -1.93. The number of anilines is 1. The number of ether oxygens (including phenoxy) is 1. The quantitative estimate of drug-likeness (QED) is 0.676. The third-order valence-electron chi connectivity index (χ3n) is 6.67. The third-order valence-corrected chi connectivity index (χ3v) is 7.16. The first-order valence-electron chi connectivity index (χ1n) is 11.6. The van der Waals surface area contributed by atoms with Crippen molar-refractivity contribution in [2.24, 2.45) is 11.8 Å². The summed E-state index contributed by atoms with van der Waals surface area (Å²) in [6, 6.07) is 4.81. The molecule has 0 bridgehead atoms. The average Bonchev–Trinajstić information content (AvgIpc) is 3.45. The highest BCUT2D eigenvalue weighted by atomic mass is 79.9. The fraction of sp³-hybridized carbons (Fsp3) is 0.625. The van der Waals surface area contributed by atoms with Crippen LogP contribution in [0.4, 0.5) is 5.69 Å². The summed E-state index contributed by atoms with van der Waals surface area (Å²) in [6.07, 6.45) is 3.66. The van der Waals surface area contributed by atoms with Crippen LogP contribution in [0.2, 0.25) is 0 Å². The van der Waals surface area contributed by atoms with E-state index in [2.05, 4.69) is 35.1 Å². The van der Waals surface area contributed by atoms with Crippen molar-refractivity contribution >= 4 is 39.3 Å². The Morgan fingerprint density at radius 1 is 1.09 bits per heavy atom. The van der Waals surface area contributed by atoms with Gasteiger partial charge in [-0.1, -0.05) is 29.8 Å². The average molecular weight is 506 g/mol. The molecule has 3 aliphatic heterocycles. The molecule has 3 saturated heterocycles. The molecule has 0 radical (unpaired) electrons. The van der Waals surface area contributed by atoms with Crippen molar-refractivity contribution in [3.05, 3.63) is 28.2 Å². The van der Waals surface area contributed by atoms with E-state index in [-0.39, 0.29) is 17.7 Å². The van der Waals surface area contributed by atoms with Crippen LogP contribution < -0.4 is 5.32 Å². The van der Waals surface area contributed by atoms with Gasteiger partial charge in [-0.3, -0.25) is 14.4 Å². The summed E-state index contributed by atoms with van der Waals surface area (Å²) in [4.78, 5) is 43.0. The number of piperidine rings is 1. The van der Waals surface area contributed by atoms with Crippen LogP contribution in [0.25, 0.3) is 0 Å². The Bertz CT molecular complexity index is 876. The van der Waals surface area contributed by atoms with Gasteiger partial charge in [0.25, 0.3) is 11.8 Å². The third kappa shape index (κ3) is 5.01. The van der Waals surface area contributed by atoms with Gasteiger partial charge in [0.05, 0.1) is 11.3 Å². The lowest BCUT2D eigenvalue weighted by atomic mass is 9.91. The Morgan fingerprint density at radius 3 is 2.53 bits per heavy atom. The number of nitrogens with zero attached hydrogens (tertiary/aromatic N) is 2. The number of amides is 3. The first-order chi connectivity index (χ1) is 15.3. The maximum atomic E-state index is 13.4. The molecule has 3 heterocycles. The molecule has 0 aromatic heterocycles. The number of rotatable bonds is 4. The highest BCUT2D eigenvalue weighted by Gasteiger charge is 2.39. The number of nitrogens with one attached hydrogen (secondary N) is 1. The molecule has 1 N–H and O–H groups in total. The first-order valence-corrected chi connectivity index (χ1v) is 12.4. The second-order valence-corrected chi connectivity index (χ2v) is 10.4. The molecule has 0 spiro atoms. The minimum absolute atomic E-state index is 0.0706. The zero-order valence-electron chi connectivity index (χ0n) is 18.8. The fourth-order valence-corrected chi connectivity index (χ4v) is 5.64. The molecule has 3 amide bonds. The lowest BCUT2D eigenvalue weighted by Crippen LogP contribution is -2.47. The van der Waals surface area contributed by atoms with Crippen LogP contribution in [0, 0.1) is 11.8 Å². The summed E-state index contributed by atoms with van der Waals surface area (Å²) in [5, 5.41) is 2.96. The Morgan fingerprint density at radius 2 is 1.84 bits per heavy atom. The van der Waals surface area contributed by atoms with Crippen LogP contribution in [0.3, 0.4) is 0 Å². The molecule has 8 heteroatoms. The van der Waals surface area contributed by atoms with E-state index in [0.717, 1.165) is 36.8 Å². The molecule has 1 aromatic rings. The van der Waals surface area contributed by atoms with Crippen molar-refractivity contribution in [3.63, 3.8) is 0 Å². The van der Waals surface area contributed by atoms with Gasteiger partial charge >= 0.3 is 0 Å². The van der Waals surface area contributed by atoms with Crippen LogP contribution in [0.15, 0.2) is 22.7 Å². The van der Waals surface area contributed by atoms with Crippen molar-refractivity contribution in [2.45, 2.75) is 58.1 Å². The molecule has 1 unspecified atom stereocenters. The predicted octanol–water partition coefficient (Wildman–Crippen LogP) is 3.68. The molecule has 7 nitrogen and oxygen atoms in total. The van der Waals surface area contributed by atoms with Gasteiger partial charge < -0.3 is 19.9 Å². The van der Waals surface area contributed by atoms with E-state index in [1.54, 1.807) is 17.0 Å². The topological polar surface area (TPSA) is 79.0 Å². The van der Waals surface area contributed by atoms with E-state index >= 15 is 0 Å². The van der Waals surface area contributed by atoms with E-state index in [9.17, 15) is 14.4 Å². The number of hydrogen-bond donors (Lipinski definition) is 1. The monoisotopic (exact) mass is 505 g/mol. The van der Waals surface area contributed by atoms with Gasteiger partial charge in [-0.15, -0.1) is 0 Å². The summed E-state index contributed by atoms with van der Waals surface area (Å²) in [6.45, 7) is 6.93. The van der Waals surface area contributed by atoms with Crippen molar-refractivity contribution in [2.75, 3.05) is 31.6 Å². The van der Waals surface area contributed by atoms with Gasteiger partial charge in [0, 0.05) is 30.7 Å². The normalized spacial score (nSPS) is 28.1. The minimum Gasteiger partial charge on any atom is -0.368 e. The minimum atomic E-state index is -0.534. The predicted molar refractivity (Wildman–Crippen MR) is 125 cm³/mol. The maximum Gasteiger partial charge on any atom is 0.256 e. The molecular weight excluding hydrogens is 474 g/mol. The molecule has 174 valence electrons. The highest BCUT2D eigenvalue weighted by Crippen LogP contribution is 2.29. The van der Waals surface area contributed by atoms with Gasteiger partial charge in [-0.05, 0) is 62.1 Å². The Kier molecular flexibility index (Phi) is 7.20. The number of benzene rings is 1. The molecule has 32 heavy (non-hydrogen) atoms. The van der Waals surface area contributed by atoms with Crippen LogP contribution in [-0.2, 0) is 14.3 Å². The standard InChI is InChI=1S/C24H32BrN3O4/c1-15-11-16(2)14-27(13-15)23(30)18-12-17(25)7-8-19(18)26-22(29)20-5-3-9-28(20)24(31)21-6-4-10-32-21/h7-8,12,15-16,20-21H,3-6,9-11,13-14H2,1-2H3,(H,26,29)/t15-,16+,20?,21-/m0/s1. The maximum absolute atomic E-state index is 13.4. The summed E-state index contributed by atoms with van der Waals surface area (Å²) in [5.74, 6) is 0.486. The lowest BCUT2D eigenvalue weighted by Gasteiger charge is -2.35. The van der Waals surface area contributed by atoms with Gasteiger partial charge in [-0.25, -0.2) is 0 Å². The van der Waals surface area contributed by atoms with E-state index in [1.165, 1.54) is 0 Å². The van der Waals surface area contributed by atoms with Crippen molar-refractivity contribution in [1.82, 2.24) is 9.80 Å². The second kappa shape index (κ2) is 9.91. The van der Waals surface area contributed by atoms with Crippen LogP contribution in [0.5, 0.6) is 0 Å². The Balaban J connectivity index is 1.51. The summed E-state index contributed by atoms with van der Waals surface area (Å²) in [5.41, 5.74) is 0.967. The SMILES string of the molecule is C[C@@H]1C[C@H](C)CN(C(=O)c2cc(Br)ccc2NC(=O)C2CCCN2C(=O)[C@@H]2CCCO2)C1. The smallest absolute Gasteiger partial charge is 0.256 e. The molecule has 3 aliphatic rings. The number of hydrogen-bond acceptors (Lipinski definition) is 4. The second-order valence-electron chi connectivity index (χ2n) is 9.53. The number of likely N-dealkylation sites (tertiary alicyclic amines) is 2. The van der Waals surface area contributed by atoms with E-state index in [4.69, 9.17) is 4.74 Å². The van der Waals surface area contributed by atoms with Crippen molar-refractivity contribution in [1.29, 1.82) is 0 Å². The van der Waals surface area contributed by atoms with Gasteiger partial charge in [0.2, 0.25) is 5.91 Å². The summed E-state index contributed by atoms with van der Waals surface area (Å²) < 4.78 is 6.33. The summed E-state index contributed by atoms with van der Waals surface area (Å²) in [7, 11) is 0. The van der Waals surface area contributed by atoms with Crippen LogP contribution in [0.1, 0.15) is 56.3 Å². The van der Waals surface area contributed by atoms with Crippen LogP contribution in [-0.4, -0.2) is 65.9 Å². The van der Waals surface area contributed by atoms with Crippen molar-refractivity contribution < 1.29 is 19.1 Å². The van der Waals surface area contributed by atoms with E-state index < -0.39 is 12.1 Å². The van der Waals surface area contributed by atoms with Crippen LogP contribution >= 0.6 is 15.9 Å². The molecule has 1 aromatic carbocycles. The van der Waals surface area contributed by atoms with Crippen molar-refractivity contribution in [3.8, 4) is 0 Å². The summed E-state index contributed by atoms with van der Waals surface area (Å²) >= 11 is 3.46. The number of carbonyl (C=O) groups is 3. The number of carbonyl (C=O) groups excluding carboxylic acids is 3. The fourth-order valence-electron chi connectivity index (χ4n) is 5.28. The molecule has 3 fully saturated rings. The zero-order valence-corrected chi connectivity index (χ0v) is 20.4. The molecule has 0 aliphatic carbocycles. The zero-order chi connectivity index (χ0) is 22.8. The van der Waals surface area contributed by atoms with Gasteiger partial charge in [0.15, 0.2) is 0 Å². The Labute approximate surface area is 198 Å². The number of halogens is 1. The van der Waals surface area contributed by atoms with E-state index in [1.807, 2.05) is 11.0 Å². The molecule has 0 saturated carbocycles. The highest BCUT2D eigenvalue weighted by molar-refractivity contribution is 9.10. The van der Waals surface area contributed by atoms with Gasteiger partial charge in [0.1, 0.15) is 12.1 Å². The molecular formula is C24H32BrN3O4. The van der Waals surface area contributed by atoms with E-state index in [0.29, 0.717) is 49.1 Å². The first kappa shape index (κ1) is 23.2. The molecule has 4 atom stereocenters.